The number of hydrogen-bond donors (Lipinski definition) is 1. The van der Waals surface area contributed by atoms with Gasteiger partial charge in [0.15, 0.2) is 6.10 Å². The smallest absolute Gasteiger partial charge is 0.333 e. The largest absolute Gasteiger partial charge is 0.493 e. The van der Waals surface area contributed by atoms with Crippen LogP contribution in [0.1, 0.15) is 49.3 Å². The van der Waals surface area contributed by atoms with E-state index in [0.29, 0.717) is 37.9 Å². The van der Waals surface area contributed by atoms with Gasteiger partial charge in [-0.15, -0.1) is 0 Å². The second-order valence-corrected chi connectivity index (χ2v) is 9.15. The molecule has 0 amide bonds. The molecular formula is C30H33NO5. The molecule has 0 aliphatic carbocycles. The third-order valence-corrected chi connectivity index (χ3v) is 6.34. The van der Waals surface area contributed by atoms with Crippen molar-refractivity contribution in [2.45, 2.75) is 52.6 Å². The van der Waals surface area contributed by atoms with Gasteiger partial charge in [0.25, 0.3) is 0 Å². The van der Waals surface area contributed by atoms with Crippen LogP contribution in [0, 0.1) is 6.92 Å². The summed E-state index contributed by atoms with van der Waals surface area (Å²) in [6.07, 6.45) is 0.0281. The maximum absolute atomic E-state index is 11.6. The minimum absolute atomic E-state index is 0.295. The second kappa shape index (κ2) is 11.4. The molecule has 0 radical (unpaired) electrons. The van der Waals surface area contributed by atoms with E-state index in [-0.39, 0.29) is 0 Å². The fourth-order valence-electron chi connectivity index (χ4n) is 4.31. The van der Waals surface area contributed by atoms with Gasteiger partial charge < -0.3 is 19.0 Å². The molecule has 6 heteroatoms. The number of ether oxygens (including phenoxy) is 2. The molecule has 0 bridgehead atoms. The van der Waals surface area contributed by atoms with E-state index in [2.05, 4.69) is 38.1 Å². The van der Waals surface area contributed by atoms with E-state index < -0.39 is 12.1 Å². The number of fused-ring (bicyclic) bond motifs is 1. The molecule has 0 aliphatic heterocycles. The van der Waals surface area contributed by atoms with Gasteiger partial charge in [0.1, 0.15) is 11.5 Å². The van der Waals surface area contributed by atoms with Crippen molar-refractivity contribution >= 4 is 16.7 Å². The number of rotatable bonds is 11. The molecule has 0 saturated heterocycles. The summed E-state index contributed by atoms with van der Waals surface area (Å²) in [4.78, 5) is 16.3. The summed E-state index contributed by atoms with van der Waals surface area (Å²) in [6.45, 7) is 8.87. The van der Waals surface area contributed by atoms with Crippen molar-refractivity contribution in [2.24, 2.45) is 0 Å². The number of carboxylic acids is 1. The van der Waals surface area contributed by atoms with Gasteiger partial charge in [0, 0.05) is 30.4 Å². The first-order chi connectivity index (χ1) is 17.4. The van der Waals surface area contributed by atoms with Crippen LogP contribution in [-0.4, -0.2) is 35.4 Å². The van der Waals surface area contributed by atoms with Gasteiger partial charge in [-0.1, -0.05) is 56.3 Å². The highest BCUT2D eigenvalue weighted by molar-refractivity contribution is 5.91. The zero-order chi connectivity index (χ0) is 25.7. The number of oxazole rings is 1. The van der Waals surface area contributed by atoms with Crippen LogP contribution in [0.3, 0.4) is 0 Å². The molecule has 3 aromatic carbocycles. The fraction of sp³-hybridized carbons (Fsp3) is 0.333. The molecule has 0 saturated carbocycles. The van der Waals surface area contributed by atoms with Crippen molar-refractivity contribution in [3.8, 4) is 17.2 Å². The molecule has 1 N–H and O–H groups in total. The number of aryl methyl sites for hydroxylation is 1. The van der Waals surface area contributed by atoms with Crippen molar-refractivity contribution < 1.29 is 23.8 Å². The van der Waals surface area contributed by atoms with Gasteiger partial charge in [-0.25, -0.2) is 9.78 Å². The highest BCUT2D eigenvalue weighted by Crippen LogP contribution is 2.30. The van der Waals surface area contributed by atoms with Gasteiger partial charge in [0.05, 0.1) is 12.3 Å². The second-order valence-electron chi connectivity index (χ2n) is 9.15. The van der Waals surface area contributed by atoms with Crippen molar-refractivity contribution in [1.29, 1.82) is 0 Å². The monoisotopic (exact) mass is 487 g/mol. The molecule has 1 unspecified atom stereocenters. The third-order valence-electron chi connectivity index (χ3n) is 6.34. The summed E-state index contributed by atoms with van der Waals surface area (Å²) in [5, 5.41) is 11.4. The Morgan fingerprint density at radius 2 is 1.75 bits per heavy atom. The Kier molecular flexibility index (Phi) is 8.06. The number of aromatic nitrogens is 1. The molecular weight excluding hydrogens is 454 g/mol. The van der Waals surface area contributed by atoms with Crippen molar-refractivity contribution in [3.05, 3.63) is 83.2 Å². The lowest BCUT2D eigenvalue weighted by Crippen LogP contribution is -2.26. The predicted octanol–water partition coefficient (Wildman–Crippen LogP) is 6.58. The van der Waals surface area contributed by atoms with E-state index in [1.54, 1.807) is 6.92 Å². The lowest BCUT2D eigenvalue weighted by Gasteiger charge is -2.16. The SMILES string of the molecule is CCOC(Cc1ccc(OCCc2nc(-c3ccc(C(C)C)cc3)oc2C)c2ccccc12)C(=O)O. The van der Waals surface area contributed by atoms with Gasteiger partial charge in [-0.2, -0.15) is 0 Å². The van der Waals surface area contributed by atoms with Crippen molar-refractivity contribution in [3.63, 3.8) is 0 Å². The highest BCUT2D eigenvalue weighted by Gasteiger charge is 2.20. The minimum atomic E-state index is -0.959. The van der Waals surface area contributed by atoms with Crippen LogP contribution in [0.15, 0.2) is 65.1 Å². The van der Waals surface area contributed by atoms with E-state index in [4.69, 9.17) is 18.9 Å². The van der Waals surface area contributed by atoms with E-state index in [1.807, 2.05) is 43.3 Å². The van der Waals surface area contributed by atoms with E-state index in [9.17, 15) is 9.90 Å². The fourth-order valence-corrected chi connectivity index (χ4v) is 4.31. The molecule has 0 aliphatic rings. The first-order valence-corrected chi connectivity index (χ1v) is 12.4. The first-order valence-electron chi connectivity index (χ1n) is 12.4. The average molecular weight is 488 g/mol. The molecule has 1 atom stereocenters. The maximum Gasteiger partial charge on any atom is 0.333 e. The standard InChI is InChI=1S/C30H33NO5/c1-5-34-28(30(32)33)18-23-14-15-27(25-9-7-6-8-24(23)25)35-17-16-26-20(4)36-29(31-26)22-12-10-21(11-13-22)19(2)3/h6-15,19,28H,5,16-18H2,1-4H3,(H,32,33). The van der Waals surface area contributed by atoms with Crippen molar-refractivity contribution in [2.75, 3.05) is 13.2 Å². The van der Waals surface area contributed by atoms with E-state index in [0.717, 1.165) is 39.1 Å². The van der Waals surface area contributed by atoms with Crippen molar-refractivity contribution in [1.82, 2.24) is 4.98 Å². The Balaban J connectivity index is 1.47. The number of aliphatic carboxylic acids is 1. The van der Waals surface area contributed by atoms with E-state index >= 15 is 0 Å². The molecule has 0 fully saturated rings. The molecule has 0 spiro atoms. The highest BCUT2D eigenvalue weighted by atomic mass is 16.5. The minimum Gasteiger partial charge on any atom is -0.493 e. The van der Waals surface area contributed by atoms with Crippen LogP contribution < -0.4 is 4.74 Å². The Bertz CT molecular complexity index is 1320. The molecule has 4 aromatic rings. The molecule has 6 nitrogen and oxygen atoms in total. The molecule has 36 heavy (non-hydrogen) atoms. The van der Waals surface area contributed by atoms with Gasteiger partial charge in [-0.05, 0) is 54.5 Å². The Labute approximate surface area is 211 Å². The summed E-state index contributed by atoms with van der Waals surface area (Å²) in [5.41, 5.74) is 4.03. The van der Waals surface area contributed by atoms with Gasteiger partial charge >= 0.3 is 5.97 Å². The summed E-state index contributed by atoms with van der Waals surface area (Å²) in [6, 6.07) is 20.0. The molecule has 4 rings (SSSR count). The summed E-state index contributed by atoms with van der Waals surface area (Å²) < 4.78 is 17.5. The van der Waals surface area contributed by atoms with Crippen LogP contribution in [0.25, 0.3) is 22.2 Å². The zero-order valence-electron chi connectivity index (χ0n) is 21.3. The average Bonchev–Trinajstić information content (AvgIpc) is 3.25. The topological polar surface area (TPSA) is 81.8 Å². The summed E-state index contributed by atoms with van der Waals surface area (Å²) >= 11 is 0. The Morgan fingerprint density at radius 3 is 2.42 bits per heavy atom. The molecule has 188 valence electrons. The number of benzene rings is 3. The zero-order valence-corrected chi connectivity index (χ0v) is 21.3. The molecule has 1 aromatic heterocycles. The number of nitrogens with zero attached hydrogens (tertiary/aromatic N) is 1. The third kappa shape index (κ3) is 5.77. The normalized spacial score (nSPS) is 12.2. The number of carbonyl (C=O) groups is 1. The maximum atomic E-state index is 11.6. The first kappa shape index (κ1) is 25.5. The number of carboxylic acid groups (broad SMARTS) is 1. The van der Waals surface area contributed by atoms with Crippen LogP contribution in [0.5, 0.6) is 5.75 Å². The van der Waals surface area contributed by atoms with Crippen LogP contribution in [-0.2, 0) is 22.4 Å². The summed E-state index contributed by atoms with van der Waals surface area (Å²) in [7, 11) is 0. The molecule has 1 heterocycles. The quantitative estimate of drug-likeness (QED) is 0.257. The van der Waals surface area contributed by atoms with E-state index in [1.165, 1.54) is 5.56 Å². The summed E-state index contributed by atoms with van der Waals surface area (Å²) in [5.74, 6) is 1.68. The Hall–Kier alpha value is -3.64. The number of hydrogen-bond acceptors (Lipinski definition) is 5. The van der Waals surface area contributed by atoms with Crippen LogP contribution in [0.2, 0.25) is 0 Å². The van der Waals surface area contributed by atoms with Gasteiger partial charge in [0.2, 0.25) is 5.89 Å². The van der Waals surface area contributed by atoms with Crippen LogP contribution >= 0.6 is 0 Å². The van der Waals surface area contributed by atoms with Crippen LogP contribution in [0.4, 0.5) is 0 Å². The Morgan fingerprint density at radius 1 is 1.03 bits per heavy atom. The predicted molar refractivity (Wildman–Crippen MR) is 141 cm³/mol. The van der Waals surface area contributed by atoms with Gasteiger partial charge in [-0.3, -0.25) is 0 Å². The lowest BCUT2D eigenvalue weighted by molar-refractivity contribution is -0.149. The lowest BCUT2D eigenvalue weighted by atomic mass is 9.99.